The number of aryl methyl sites for hydroxylation is 1. The predicted octanol–water partition coefficient (Wildman–Crippen LogP) is 2.47. The molecule has 1 aliphatic rings. The van der Waals surface area contributed by atoms with Crippen molar-refractivity contribution in [1.82, 2.24) is 5.32 Å². The number of benzene rings is 2. The highest BCUT2D eigenvalue weighted by Crippen LogP contribution is 2.23. The van der Waals surface area contributed by atoms with Crippen LogP contribution in [0.5, 0.6) is 5.75 Å². The fourth-order valence-corrected chi connectivity index (χ4v) is 4.04. The van der Waals surface area contributed by atoms with Gasteiger partial charge in [0.05, 0.1) is 11.0 Å². The molecule has 0 radical (unpaired) electrons. The van der Waals surface area contributed by atoms with E-state index in [1.54, 1.807) is 37.3 Å². The summed E-state index contributed by atoms with van der Waals surface area (Å²) >= 11 is 0. The molecule has 2 N–H and O–H groups in total. The molecule has 8 heteroatoms. The highest BCUT2D eigenvalue weighted by molar-refractivity contribution is 7.92. The Bertz CT molecular complexity index is 909. The Balaban J connectivity index is 1.56. The molecule has 1 atom stereocenters. The summed E-state index contributed by atoms with van der Waals surface area (Å²) in [6.07, 6.45) is 2.05. The molecular formula is C20H24N2O5S. The smallest absolute Gasteiger partial charge is 0.261 e. The first-order chi connectivity index (χ1) is 13.4. The average Bonchev–Trinajstić information content (AvgIpc) is 3.19. The van der Waals surface area contributed by atoms with Crippen molar-refractivity contribution in [1.29, 1.82) is 0 Å². The molecule has 28 heavy (non-hydrogen) atoms. The summed E-state index contributed by atoms with van der Waals surface area (Å²) in [6.45, 7) is 2.82. The second kappa shape index (κ2) is 9.07. The first kappa shape index (κ1) is 20.2. The molecule has 150 valence electrons. The third-order valence-corrected chi connectivity index (χ3v) is 5.77. The van der Waals surface area contributed by atoms with Crippen molar-refractivity contribution >= 4 is 21.6 Å². The number of sulfonamides is 1. The molecule has 1 aliphatic heterocycles. The second-order valence-electron chi connectivity index (χ2n) is 6.63. The molecule has 0 spiro atoms. The molecule has 0 aliphatic carbocycles. The lowest BCUT2D eigenvalue weighted by atomic mass is 10.2. The summed E-state index contributed by atoms with van der Waals surface area (Å²) in [4.78, 5) is 12.0. The van der Waals surface area contributed by atoms with Crippen LogP contribution in [0.4, 0.5) is 5.69 Å². The number of rotatable bonds is 8. The molecule has 0 bridgehead atoms. The molecule has 0 unspecified atom stereocenters. The molecular weight excluding hydrogens is 380 g/mol. The van der Waals surface area contributed by atoms with Crippen molar-refractivity contribution < 1.29 is 22.7 Å². The second-order valence-corrected chi connectivity index (χ2v) is 8.31. The van der Waals surface area contributed by atoms with E-state index in [2.05, 4.69) is 10.0 Å². The minimum atomic E-state index is -3.70. The number of amides is 1. The van der Waals surface area contributed by atoms with Crippen molar-refractivity contribution in [2.75, 3.05) is 24.5 Å². The van der Waals surface area contributed by atoms with E-state index >= 15 is 0 Å². The standard InChI is InChI=1S/C20H24N2O5S/c1-15-12-18(28(24,25)22-16-6-3-2-4-7-16)9-10-19(15)27-14-20(23)21-13-17-8-5-11-26-17/h2-4,6-7,9-10,12,17,22H,5,8,11,13-14H2,1H3,(H,21,23)/t17-/m1/s1. The average molecular weight is 404 g/mol. The Labute approximate surface area is 165 Å². The number of carbonyl (C=O) groups is 1. The molecule has 2 aromatic rings. The fraction of sp³-hybridized carbons (Fsp3) is 0.350. The van der Waals surface area contributed by atoms with Gasteiger partial charge in [0.15, 0.2) is 6.61 Å². The van der Waals surface area contributed by atoms with Crippen LogP contribution in [0.3, 0.4) is 0 Å². The lowest BCUT2D eigenvalue weighted by Gasteiger charge is -2.13. The molecule has 1 heterocycles. The monoisotopic (exact) mass is 404 g/mol. The van der Waals surface area contributed by atoms with Gasteiger partial charge in [0.2, 0.25) is 0 Å². The van der Waals surface area contributed by atoms with Gasteiger partial charge in [0.25, 0.3) is 15.9 Å². The highest BCUT2D eigenvalue weighted by atomic mass is 32.2. The summed E-state index contributed by atoms with van der Waals surface area (Å²) < 4.78 is 38.5. The van der Waals surface area contributed by atoms with E-state index in [4.69, 9.17) is 9.47 Å². The topological polar surface area (TPSA) is 93.7 Å². The van der Waals surface area contributed by atoms with Gasteiger partial charge in [-0.05, 0) is 55.7 Å². The predicted molar refractivity (Wildman–Crippen MR) is 106 cm³/mol. The van der Waals surface area contributed by atoms with Gasteiger partial charge in [-0.1, -0.05) is 18.2 Å². The summed E-state index contributed by atoms with van der Waals surface area (Å²) in [7, 11) is -3.70. The van der Waals surface area contributed by atoms with Crippen LogP contribution in [0.1, 0.15) is 18.4 Å². The van der Waals surface area contributed by atoms with E-state index in [1.807, 2.05) is 6.07 Å². The number of anilines is 1. The normalized spacial score (nSPS) is 16.5. The summed E-state index contributed by atoms with van der Waals surface area (Å²) in [5.41, 5.74) is 1.12. The molecule has 1 amide bonds. The number of ether oxygens (including phenoxy) is 2. The molecule has 1 saturated heterocycles. The quantitative estimate of drug-likeness (QED) is 0.705. The Morgan fingerprint density at radius 3 is 2.68 bits per heavy atom. The van der Waals surface area contributed by atoms with Crippen LogP contribution in [0.25, 0.3) is 0 Å². The van der Waals surface area contributed by atoms with Gasteiger partial charge in [-0.25, -0.2) is 8.42 Å². The van der Waals surface area contributed by atoms with Gasteiger partial charge in [0, 0.05) is 18.8 Å². The zero-order valence-electron chi connectivity index (χ0n) is 15.7. The Morgan fingerprint density at radius 2 is 2.00 bits per heavy atom. The van der Waals surface area contributed by atoms with E-state index in [-0.39, 0.29) is 23.5 Å². The number of para-hydroxylation sites is 1. The van der Waals surface area contributed by atoms with E-state index in [0.717, 1.165) is 19.4 Å². The third-order valence-electron chi connectivity index (χ3n) is 4.39. The largest absolute Gasteiger partial charge is 0.484 e. The Morgan fingerprint density at radius 1 is 1.21 bits per heavy atom. The minimum Gasteiger partial charge on any atom is -0.484 e. The van der Waals surface area contributed by atoms with Gasteiger partial charge in [-0.15, -0.1) is 0 Å². The van der Waals surface area contributed by atoms with Crippen LogP contribution in [0.2, 0.25) is 0 Å². The van der Waals surface area contributed by atoms with Crippen LogP contribution in [0, 0.1) is 6.92 Å². The van der Waals surface area contributed by atoms with Gasteiger partial charge < -0.3 is 14.8 Å². The Kier molecular flexibility index (Phi) is 6.53. The summed E-state index contributed by atoms with van der Waals surface area (Å²) in [5, 5.41) is 2.78. The van der Waals surface area contributed by atoms with Crippen molar-refractivity contribution in [3.63, 3.8) is 0 Å². The van der Waals surface area contributed by atoms with Crippen LogP contribution in [-0.4, -0.2) is 40.2 Å². The van der Waals surface area contributed by atoms with E-state index in [9.17, 15) is 13.2 Å². The van der Waals surface area contributed by atoms with Crippen LogP contribution in [0.15, 0.2) is 53.4 Å². The minimum absolute atomic E-state index is 0.0762. The van der Waals surface area contributed by atoms with Crippen molar-refractivity contribution in [2.45, 2.75) is 30.8 Å². The molecule has 0 saturated carbocycles. The highest BCUT2D eigenvalue weighted by Gasteiger charge is 2.18. The van der Waals surface area contributed by atoms with E-state index in [0.29, 0.717) is 23.5 Å². The molecule has 7 nitrogen and oxygen atoms in total. The molecule has 1 fully saturated rings. The van der Waals surface area contributed by atoms with Crippen LogP contribution < -0.4 is 14.8 Å². The Hall–Kier alpha value is -2.58. The van der Waals surface area contributed by atoms with Crippen molar-refractivity contribution in [3.05, 3.63) is 54.1 Å². The fourth-order valence-electron chi connectivity index (χ4n) is 2.90. The van der Waals surface area contributed by atoms with Gasteiger partial charge in [0.1, 0.15) is 5.75 Å². The van der Waals surface area contributed by atoms with Gasteiger partial charge in [-0.2, -0.15) is 0 Å². The maximum atomic E-state index is 12.5. The zero-order chi connectivity index (χ0) is 20.0. The molecule has 2 aromatic carbocycles. The van der Waals surface area contributed by atoms with Crippen LogP contribution in [-0.2, 0) is 19.6 Å². The molecule has 3 rings (SSSR count). The third kappa shape index (κ3) is 5.46. The maximum absolute atomic E-state index is 12.5. The first-order valence-electron chi connectivity index (χ1n) is 9.14. The molecule has 0 aromatic heterocycles. The summed E-state index contributed by atoms with van der Waals surface area (Å²) in [6, 6.07) is 13.2. The zero-order valence-corrected chi connectivity index (χ0v) is 16.5. The lowest BCUT2D eigenvalue weighted by molar-refractivity contribution is -0.123. The van der Waals surface area contributed by atoms with Crippen LogP contribution >= 0.6 is 0 Å². The number of hydrogen-bond acceptors (Lipinski definition) is 5. The maximum Gasteiger partial charge on any atom is 0.261 e. The SMILES string of the molecule is Cc1cc(S(=O)(=O)Nc2ccccc2)ccc1OCC(=O)NC[C@H]1CCCO1. The first-order valence-corrected chi connectivity index (χ1v) is 10.6. The number of carbonyl (C=O) groups excluding carboxylic acids is 1. The van der Waals surface area contributed by atoms with E-state index in [1.165, 1.54) is 12.1 Å². The number of hydrogen-bond donors (Lipinski definition) is 2. The van der Waals surface area contributed by atoms with Crippen molar-refractivity contribution in [3.8, 4) is 5.75 Å². The van der Waals surface area contributed by atoms with Gasteiger partial charge in [-0.3, -0.25) is 9.52 Å². The summed E-state index contributed by atoms with van der Waals surface area (Å²) in [5.74, 6) is 0.225. The van der Waals surface area contributed by atoms with E-state index < -0.39 is 10.0 Å². The van der Waals surface area contributed by atoms with Gasteiger partial charge >= 0.3 is 0 Å². The van der Waals surface area contributed by atoms with Crippen molar-refractivity contribution in [2.24, 2.45) is 0 Å². The number of nitrogens with one attached hydrogen (secondary N) is 2. The lowest BCUT2D eigenvalue weighted by Crippen LogP contribution is -2.35.